The summed E-state index contributed by atoms with van der Waals surface area (Å²) >= 11 is 0. The minimum Gasteiger partial charge on any atom is -0.250 e. The van der Waals surface area contributed by atoms with E-state index in [1.807, 2.05) is 6.92 Å². The molecule has 0 amide bonds. The Balaban J connectivity index is 2.97. The highest BCUT2D eigenvalue weighted by atomic mass is 19.1. The molecule has 0 aliphatic heterocycles. The van der Waals surface area contributed by atoms with E-state index >= 15 is 0 Å². The highest BCUT2D eigenvalue weighted by Gasteiger charge is 2.07. The van der Waals surface area contributed by atoms with Crippen LogP contribution in [-0.4, -0.2) is 6.67 Å². The molecule has 0 saturated heterocycles. The fourth-order valence-electron chi connectivity index (χ4n) is 2.03. The van der Waals surface area contributed by atoms with Crippen molar-refractivity contribution in [1.82, 2.24) is 0 Å². The summed E-state index contributed by atoms with van der Waals surface area (Å²) in [6, 6.07) is 6.63. The van der Waals surface area contributed by atoms with E-state index in [9.17, 15) is 4.39 Å². The summed E-state index contributed by atoms with van der Waals surface area (Å²) in [4.78, 5) is 0. The third-order valence-corrected chi connectivity index (χ3v) is 2.95. The lowest BCUT2D eigenvalue weighted by molar-refractivity contribution is 0.447. The summed E-state index contributed by atoms with van der Waals surface area (Å²) in [6.45, 7) is 6.07. The number of alkyl halides is 1. The lowest BCUT2D eigenvalue weighted by Gasteiger charge is -2.12. The molecule has 0 heterocycles. The molecule has 16 heavy (non-hydrogen) atoms. The molecule has 0 nitrogen and oxygen atoms in total. The second-order valence-electron chi connectivity index (χ2n) is 4.64. The van der Waals surface area contributed by atoms with Gasteiger partial charge in [-0.15, -0.1) is 0 Å². The second kappa shape index (κ2) is 6.67. The van der Waals surface area contributed by atoms with Gasteiger partial charge in [-0.2, -0.15) is 0 Å². The first-order valence-corrected chi connectivity index (χ1v) is 6.39. The summed E-state index contributed by atoms with van der Waals surface area (Å²) in [5.41, 5.74) is 3.89. The van der Waals surface area contributed by atoms with Crippen molar-refractivity contribution in [3.05, 3.63) is 34.9 Å². The van der Waals surface area contributed by atoms with E-state index in [0.717, 1.165) is 31.2 Å². The predicted octanol–water partition coefficient (Wildman–Crippen LogP) is 4.66. The quantitative estimate of drug-likeness (QED) is 0.656. The Kier molecular flexibility index (Phi) is 5.51. The molecule has 0 aliphatic rings. The fourth-order valence-corrected chi connectivity index (χ4v) is 2.03. The van der Waals surface area contributed by atoms with Crippen LogP contribution in [0.2, 0.25) is 0 Å². The molecule has 1 heteroatoms. The van der Waals surface area contributed by atoms with Gasteiger partial charge in [0.05, 0.1) is 6.67 Å². The Hall–Kier alpha value is -0.850. The van der Waals surface area contributed by atoms with Crippen LogP contribution in [0.3, 0.4) is 0 Å². The van der Waals surface area contributed by atoms with Gasteiger partial charge in [0.15, 0.2) is 0 Å². The molecule has 1 rings (SSSR count). The standard InChI is InChI=1S/C15H23F/c1-4-6-13-8-14(7-5-2)10-15(9-13)12(3)11-16/h8-10,12H,4-7,11H2,1-3H3. The Labute approximate surface area is 98.9 Å². The molecular weight excluding hydrogens is 199 g/mol. The molecule has 0 fully saturated rings. The Morgan fingerprint density at radius 3 is 1.88 bits per heavy atom. The van der Waals surface area contributed by atoms with Crippen molar-refractivity contribution in [2.24, 2.45) is 0 Å². The Morgan fingerprint density at radius 1 is 1.00 bits per heavy atom. The Bertz CT molecular complexity index is 293. The molecular formula is C15H23F. The summed E-state index contributed by atoms with van der Waals surface area (Å²) in [5, 5.41) is 0. The lowest BCUT2D eigenvalue weighted by atomic mass is 9.94. The number of halogens is 1. The zero-order valence-corrected chi connectivity index (χ0v) is 10.7. The summed E-state index contributed by atoms with van der Waals surface area (Å²) in [5.74, 6) is 0.0346. The average Bonchev–Trinajstić information content (AvgIpc) is 2.28. The van der Waals surface area contributed by atoms with Gasteiger partial charge >= 0.3 is 0 Å². The minimum absolute atomic E-state index is 0.0346. The van der Waals surface area contributed by atoms with Gasteiger partial charge in [0.1, 0.15) is 0 Å². The zero-order valence-electron chi connectivity index (χ0n) is 10.7. The summed E-state index contributed by atoms with van der Waals surface area (Å²) in [6.07, 6.45) is 4.51. The third kappa shape index (κ3) is 3.62. The zero-order chi connectivity index (χ0) is 12.0. The average molecular weight is 222 g/mol. The van der Waals surface area contributed by atoms with Crippen molar-refractivity contribution < 1.29 is 4.39 Å². The van der Waals surface area contributed by atoms with Crippen LogP contribution in [0.1, 0.15) is 56.2 Å². The molecule has 0 bridgehead atoms. The maximum absolute atomic E-state index is 12.7. The van der Waals surface area contributed by atoms with Crippen LogP contribution in [0.5, 0.6) is 0 Å². The van der Waals surface area contributed by atoms with Gasteiger partial charge in [0, 0.05) is 5.92 Å². The van der Waals surface area contributed by atoms with Crippen LogP contribution in [0.4, 0.5) is 4.39 Å². The highest BCUT2D eigenvalue weighted by molar-refractivity contribution is 5.32. The van der Waals surface area contributed by atoms with Crippen molar-refractivity contribution in [3.63, 3.8) is 0 Å². The van der Waals surface area contributed by atoms with E-state index in [2.05, 4.69) is 32.0 Å². The van der Waals surface area contributed by atoms with Crippen LogP contribution in [-0.2, 0) is 12.8 Å². The maximum atomic E-state index is 12.7. The van der Waals surface area contributed by atoms with Crippen LogP contribution < -0.4 is 0 Å². The molecule has 1 unspecified atom stereocenters. The number of rotatable bonds is 6. The normalized spacial score (nSPS) is 12.8. The number of aryl methyl sites for hydroxylation is 2. The monoisotopic (exact) mass is 222 g/mol. The van der Waals surface area contributed by atoms with Gasteiger partial charge in [0.25, 0.3) is 0 Å². The SMILES string of the molecule is CCCc1cc(CCC)cc(C(C)CF)c1. The van der Waals surface area contributed by atoms with E-state index in [0.29, 0.717) is 0 Å². The van der Waals surface area contributed by atoms with Crippen molar-refractivity contribution in [2.75, 3.05) is 6.67 Å². The Morgan fingerprint density at radius 2 is 1.50 bits per heavy atom. The van der Waals surface area contributed by atoms with Crippen LogP contribution >= 0.6 is 0 Å². The molecule has 1 aromatic carbocycles. The van der Waals surface area contributed by atoms with E-state index in [4.69, 9.17) is 0 Å². The first-order chi connectivity index (χ1) is 7.71. The van der Waals surface area contributed by atoms with Gasteiger partial charge in [-0.3, -0.25) is 4.39 Å². The first kappa shape index (κ1) is 13.2. The fraction of sp³-hybridized carbons (Fsp3) is 0.600. The first-order valence-electron chi connectivity index (χ1n) is 6.39. The topological polar surface area (TPSA) is 0 Å². The molecule has 0 spiro atoms. The van der Waals surface area contributed by atoms with Gasteiger partial charge in [-0.05, 0) is 29.5 Å². The molecule has 0 saturated carbocycles. The molecule has 1 aromatic rings. The molecule has 0 radical (unpaired) electrons. The molecule has 90 valence electrons. The van der Waals surface area contributed by atoms with E-state index in [1.165, 1.54) is 11.1 Å². The molecule has 0 N–H and O–H groups in total. The molecule has 0 aromatic heterocycles. The van der Waals surface area contributed by atoms with Crippen LogP contribution in [0.25, 0.3) is 0 Å². The maximum Gasteiger partial charge on any atom is 0.0960 e. The van der Waals surface area contributed by atoms with Gasteiger partial charge in [-0.25, -0.2) is 0 Å². The number of benzene rings is 1. The predicted molar refractivity (Wildman–Crippen MR) is 68.8 cm³/mol. The van der Waals surface area contributed by atoms with E-state index in [-0.39, 0.29) is 12.6 Å². The van der Waals surface area contributed by atoms with Crippen molar-refractivity contribution in [3.8, 4) is 0 Å². The van der Waals surface area contributed by atoms with Crippen LogP contribution in [0.15, 0.2) is 18.2 Å². The van der Waals surface area contributed by atoms with Gasteiger partial charge in [0.2, 0.25) is 0 Å². The minimum atomic E-state index is -0.263. The largest absolute Gasteiger partial charge is 0.250 e. The summed E-state index contributed by atoms with van der Waals surface area (Å²) < 4.78 is 12.7. The van der Waals surface area contributed by atoms with E-state index < -0.39 is 0 Å². The molecule has 0 aliphatic carbocycles. The highest BCUT2D eigenvalue weighted by Crippen LogP contribution is 2.21. The molecule has 1 atom stereocenters. The van der Waals surface area contributed by atoms with E-state index in [1.54, 1.807) is 0 Å². The lowest BCUT2D eigenvalue weighted by Crippen LogP contribution is -1.99. The van der Waals surface area contributed by atoms with Gasteiger partial charge in [-0.1, -0.05) is 51.8 Å². The third-order valence-electron chi connectivity index (χ3n) is 2.95. The summed E-state index contributed by atoms with van der Waals surface area (Å²) in [7, 11) is 0. The second-order valence-corrected chi connectivity index (χ2v) is 4.64. The van der Waals surface area contributed by atoms with Crippen molar-refractivity contribution in [1.29, 1.82) is 0 Å². The van der Waals surface area contributed by atoms with Crippen LogP contribution in [0, 0.1) is 0 Å². The smallest absolute Gasteiger partial charge is 0.0960 e. The number of hydrogen-bond donors (Lipinski definition) is 0. The van der Waals surface area contributed by atoms with Crippen molar-refractivity contribution >= 4 is 0 Å². The van der Waals surface area contributed by atoms with Crippen molar-refractivity contribution in [2.45, 2.75) is 52.4 Å². The number of hydrogen-bond acceptors (Lipinski definition) is 0. The van der Waals surface area contributed by atoms with Gasteiger partial charge < -0.3 is 0 Å².